The largest absolute Gasteiger partial charge is 0.481 e. The minimum atomic E-state index is -0.617. The Labute approximate surface area is 206 Å². The summed E-state index contributed by atoms with van der Waals surface area (Å²) in [4.78, 5) is 25.7. The summed E-state index contributed by atoms with van der Waals surface area (Å²) < 4.78 is 0. The molecule has 0 aliphatic heterocycles. The lowest BCUT2D eigenvalue weighted by atomic mass is 9.32. The molecule has 5 fully saturated rings. The summed E-state index contributed by atoms with van der Waals surface area (Å²) in [7, 11) is 0. The quantitative estimate of drug-likeness (QED) is 0.477. The summed E-state index contributed by atoms with van der Waals surface area (Å²) >= 11 is 0. The number of Topliss-reactive ketones (excluding diaryl/α,β-unsaturated/α-hetero) is 1. The van der Waals surface area contributed by atoms with Crippen LogP contribution in [0.5, 0.6) is 0 Å². The number of ketones is 1. The molecule has 5 aliphatic carbocycles. The minimum absolute atomic E-state index is 0.0427. The lowest BCUT2D eigenvalue weighted by Gasteiger charge is -2.72. The zero-order valence-corrected chi connectivity index (χ0v) is 22.1. The van der Waals surface area contributed by atoms with E-state index in [0.717, 1.165) is 57.8 Å². The maximum Gasteiger partial charge on any atom is 0.309 e. The Hall–Kier alpha value is -1.16. The van der Waals surface area contributed by atoms with Gasteiger partial charge in [-0.25, -0.2) is 0 Å². The number of aliphatic hydroxyl groups excluding tert-OH is 1. The van der Waals surface area contributed by atoms with E-state index in [2.05, 4.69) is 34.3 Å². The molecule has 0 aromatic rings. The van der Waals surface area contributed by atoms with Crippen molar-refractivity contribution in [3.8, 4) is 0 Å². The number of hydrogen-bond acceptors (Lipinski definition) is 3. The van der Waals surface area contributed by atoms with Crippen molar-refractivity contribution in [3.63, 3.8) is 0 Å². The average Bonchev–Trinajstić information content (AvgIpc) is 3.18. The number of carboxylic acids is 1. The molecule has 0 radical (unpaired) electrons. The Balaban J connectivity index is 1.57. The molecule has 34 heavy (non-hydrogen) atoms. The summed E-state index contributed by atoms with van der Waals surface area (Å²) in [6.45, 7) is 15.9. The summed E-state index contributed by atoms with van der Waals surface area (Å²) in [5.74, 6) is 1.35. The Bertz CT molecular complexity index is 925. The van der Waals surface area contributed by atoms with E-state index in [4.69, 9.17) is 0 Å². The molecular formula is C30H46O4. The van der Waals surface area contributed by atoms with Gasteiger partial charge in [0.15, 0.2) is 0 Å². The molecule has 5 aliphatic rings. The summed E-state index contributed by atoms with van der Waals surface area (Å²) in [5, 5.41) is 20.8. The topological polar surface area (TPSA) is 74.6 Å². The van der Waals surface area contributed by atoms with E-state index >= 15 is 0 Å². The number of hydrogen-bond donors (Lipinski definition) is 2. The lowest BCUT2D eigenvalue weighted by molar-refractivity contribution is -0.238. The van der Waals surface area contributed by atoms with Crippen LogP contribution in [0.3, 0.4) is 0 Å². The highest BCUT2D eigenvalue weighted by molar-refractivity contribution is 5.86. The fourth-order valence-corrected chi connectivity index (χ4v) is 11.3. The van der Waals surface area contributed by atoms with Crippen molar-refractivity contribution < 1.29 is 19.8 Å². The highest BCUT2D eigenvalue weighted by Crippen LogP contribution is 2.77. The minimum Gasteiger partial charge on any atom is -0.481 e. The van der Waals surface area contributed by atoms with Gasteiger partial charge in [-0.2, -0.15) is 0 Å². The average molecular weight is 471 g/mol. The van der Waals surface area contributed by atoms with Crippen molar-refractivity contribution in [1.82, 2.24) is 0 Å². The van der Waals surface area contributed by atoms with E-state index in [1.807, 2.05) is 6.92 Å². The van der Waals surface area contributed by atoms with Gasteiger partial charge < -0.3 is 10.2 Å². The number of fused-ring (bicyclic) bond motifs is 7. The van der Waals surface area contributed by atoms with E-state index < -0.39 is 16.8 Å². The van der Waals surface area contributed by atoms with Crippen molar-refractivity contribution in [3.05, 3.63) is 12.2 Å². The first kappa shape index (κ1) is 24.5. The first-order valence-electron chi connectivity index (χ1n) is 13.8. The molecule has 0 aromatic carbocycles. The van der Waals surface area contributed by atoms with Crippen molar-refractivity contribution in [2.75, 3.05) is 6.61 Å². The molecule has 4 heteroatoms. The Morgan fingerprint density at radius 1 is 0.941 bits per heavy atom. The van der Waals surface area contributed by atoms with E-state index in [1.165, 1.54) is 5.57 Å². The zero-order valence-electron chi connectivity index (χ0n) is 22.1. The van der Waals surface area contributed by atoms with Crippen LogP contribution in [0.15, 0.2) is 12.2 Å². The molecule has 0 spiro atoms. The molecular weight excluding hydrogens is 424 g/mol. The van der Waals surface area contributed by atoms with Gasteiger partial charge in [-0.15, -0.1) is 0 Å². The molecule has 5 rings (SSSR count). The fraction of sp³-hybridized carbons (Fsp3) is 0.867. The number of allylic oxidation sites excluding steroid dienone is 1. The Morgan fingerprint density at radius 2 is 1.65 bits per heavy atom. The van der Waals surface area contributed by atoms with Crippen LogP contribution in [0.2, 0.25) is 0 Å². The number of aliphatic carboxylic acids is 1. The third-order valence-corrected chi connectivity index (χ3v) is 13.4. The fourth-order valence-electron chi connectivity index (χ4n) is 11.3. The van der Waals surface area contributed by atoms with E-state index in [-0.39, 0.29) is 40.5 Å². The number of aliphatic hydroxyl groups is 1. The van der Waals surface area contributed by atoms with Crippen molar-refractivity contribution in [2.24, 2.45) is 56.7 Å². The third-order valence-electron chi connectivity index (χ3n) is 13.4. The van der Waals surface area contributed by atoms with Gasteiger partial charge in [0.25, 0.3) is 0 Å². The van der Waals surface area contributed by atoms with Crippen LogP contribution in [0.25, 0.3) is 0 Å². The lowest BCUT2D eigenvalue weighted by Crippen LogP contribution is -2.67. The highest BCUT2D eigenvalue weighted by Gasteiger charge is 2.72. The number of carboxylic acid groups (broad SMARTS) is 1. The summed E-state index contributed by atoms with van der Waals surface area (Å²) in [6, 6.07) is 0. The molecule has 0 amide bonds. The normalized spacial score (nSPS) is 54.4. The molecule has 5 saturated carbocycles. The van der Waals surface area contributed by atoms with Crippen molar-refractivity contribution in [2.45, 2.75) is 98.8 Å². The first-order chi connectivity index (χ1) is 15.8. The number of carbonyl (C=O) groups is 2. The first-order valence-corrected chi connectivity index (χ1v) is 13.8. The molecule has 0 bridgehead atoms. The molecule has 0 heterocycles. The summed E-state index contributed by atoms with van der Waals surface area (Å²) in [5.41, 5.74) is 0.257. The smallest absolute Gasteiger partial charge is 0.309 e. The van der Waals surface area contributed by atoms with E-state index in [1.54, 1.807) is 0 Å². The molecule has 0 saturated heterocycles. The molecule has 4 nitrogen and oxygen atoms in total. The second-order valence-electron chi connectivity index (χ2n) is 14.1. The predicted octanol–water partition coefficient (Wildman–Crippen LogP) is 6.27. The van der Waals surface area contributed by atoms with E-state index in [9.17, 15) is 19.8 Å². The number of carbonyl (C=O) groups excluding carboxylic acids is 1. The number of rotatable bonds is 3. The van der Waals surface area contributed by atoms with Crippen LogP contribution in [0.1, 0.15) is 98.8 Å². The maximum atomic E-state index is 13.0. The Kier molecular flexibility index (Phi) is 5.36. The molecule has 10 atom stereocenters. The van der Waals surface area contributed by atoms with E-state index in [0.29, 0.717) is 24.2 Å². The van der Waals surface area contributed by atoms with Gasteiger partial charge in [-0.05, 0) is 111 Å². The maximum absolute atomic E-state index is 13.0. The standard InChI is InChI=1S/C30H46O4/c1-18(2)19-9-14-30(25(33)34)16-15-28(5)20(24(19)30)7-8-22-26(3)12-11-23(32)27(4,17-31)21(26)10-13-29(22,28)6/h19-22,24,31H,1,7-17H2,2-6H3,(H,33,34)/t19?,20?,21?,22?,24?,26-,27-,28+,29+,30-/m0/s1. The van der Waals surface area contributed by atoms with Gasteiger partial charge in [0, 0.05) is 6.42 Å². The molecule has 2 N–H and O–H groups in total. The van der Waals surface area contributed by atoms with Crippen LogP contribution >= 0.6 is 0 Å². The van der Waals surface area contributed by atoms with Crippen LogP contribution in [0, 0.1) is 56.7 Å². The van der Waals surface area contributed by atoms with Crippen molar-refractivity contribution in [1.29, 1.82) is 0 Å². The van der Waals surface area contributed by atoms with Gasteiger partial charge >= 0.3 is 5.97 Å². The summed E-state index contributed by atoms with van der Waals surface area (Å²) in [6.07, 6.45) is 9.35. The predicted molar refractivity (Wildman–Crippen MR) is 133 cm³/mol. The second-order valence-corrected chi connectivity index (χ2v) is 14.1. The van der Waals surface area contributed by atoms with Gasteiger partial charge in [0.2, 0.25) is 0 Å². The van der Waals surface area contributed by atoms with Gasteiger partial charge in [0.1, 0.15) is 5.78 Å². The monoisotopic (exact) mass is 470 g/mol. The highest BCUT2D eigenvalue weighted by atomic mass is 16.4. The zero-order chi connectivity index (χ0) is 24.9. The van der Waals surface area contributed by atoms with Crippen LogP contribution in [0.4, 0.5) is 0 Å². The van der Waals surface area contributed by atoms with Crippen LogP contribution in [-0.2, 0) is 9.59 Å². The van der Waals surface area contributed by atoms with Gasteiger partial charge in [0.05, 0.1) is 17.4 Å². The Morgan fingerprint density at radius 3 is 2.26 bits per heavy atom. The third kappa shape index (κ3) is 2.70. The SMILES string of the molecule is C=C(C)C1CC[C@]2(C(=O)O)CC[C@]3(C)C(CCC4[C@@]5(C)CCC(=O)[C@@](C)(CO)C5CC[C@]43C)C12. The van der Waals surface area contributed by atoms with Crippen molar-refractivity contribution >= 4 is 11.8 Å². The molecule has 5 unspecified atom stereocenters. The van der Waals surface area contributed by atoms with Gasteiger partial charge in [-0.1, -0.05) is 39.8 Å². The van der Waals surface area contributed by atoms with Gasteiger partial charge in [-0.3, -0.25) is 9.59 Å². The second kappa shape index (κ2) is 7.43. The van der Waals surface area contributed by atoms with Crippen LogP contribution < -0.4 is 0 Å². The van der Waals surface area contributed by atoms with Crippen LogP contribution in [-0.4, -0.2) is 28.6 Å². The molecule has 190 valence electrons. The molecule has 0 aromatic heterocycles.